The van der Waals surface area contributed by atoms with Crippen molar-refractivity contribution in [3.63, 3.8) is 0 Å². The molecule has 1 saturated heterocycles. The summed E-state index contributed by atoms with van der Waals surface area (Å²) in [5.41, 5.74) is 0.741. The highest BCUT2D eigenvalue weighted by Crippen LogP contribution is 2.40. The third-order valence-corrected chi connectivity index (χ3v) is 8.91. The van der Waals surface area contributed by atoms with Gasteiger partial charge in [-0.15, -0.1) is 0 Å². The fourth-order valence-corrected chi connectivity index (χ4v) is 5.82. The zero-order chi connectivity index (χ0) is 30.2. The average Bonchev–Trinajstić information content (AvgIpc) is 3.48. The van der Waals surface area contributed by atoms with E-state index in [0.29, 0.717) is 43.6 Å². The Morgan fingerprint density at radius 1 is 1.14 bits per heavy atom. The van der Waals surface area contributed by atoms with Gasteiger partial charge in [0.2, 0.25) is 11.9 Å². The Bertz CT molecular complexity index is 1560. The second kappa shape index (κ2) is 11.6. The van der Waals surface area contributed by atoms with Crippen LogP contribution in [-0.2, 0) is 22.4 Å². The number of rotatable bonds is 9. The first kappa shape index (κ1) is 30.0. The number of nitrogens with one attached hydrogen (secondary N) is 1. The van der Waals surface area contributed by atoms with Gasteiger partial charge in [0.05, 0.1) is 47.2 Å². The van der Waals surface area contributed by atoms with E-state index in [9.17, 15) is 13.2 Å². The van der Waals surface area contributed by atoms with Gasteiger partial charge >= 0.3 is 6.18 Å². The number of fused-ring (bicyclic) bond motifs is 1. The molecule has 1 atom stereocenters. The van der Waals surface area contributed by atoms with Gasteiger partial charge in [0.1, 0.15) is 12.5 Å². The number of morpholine rings is 1. The van der Waals surface area contributed by atoms with Crippen LogP contribution in [-0.4, -0.2) is 76.8 Å². The number of imidazole rings is 1. The molecule has 14 heteroatoms. The van der Waals surface area contributed by atoms with Crippen LogP contribution < -0.4 is 10.2 Å². The lowest BCUT2D eigenvalue weighted by molar-refractivity contribution is -0.146. The van der Waals surface area contributed by atoms with Gasteiger partial charge in [-0.3, -0.25) is 0 Å². The summed E-state index contributed by atoms with van der Waals surface area (Å²) in [6, 6.07) is 9.88. The standard InChI is InChI=1S/C28H37F3N8O2Si/c1-18-16-40-12-11-37(18)23-15-21(34-27(35-23)39-22-10-8-7-9-20(22)33-26(39)32-3)24-19(2)36-38(25(24)28(29,30)31)17-41-13-14-42(4,5)6/h7-10,15,18H,11-14,16-17H2,1-6H3,(H,32,33)/t18-/m1/s1. The molecule has 0 unspecified atom stereocenters. The quantitative estimate of drug-likeness (QED) is 0.196. The highest BCUT2D eigenvalue weighted by atomic mass is 28.3. The van der Waals surface area contributed by atoms with Crippen molar-refractivity contribution >= 4 is 30.9 Å². The number of anilines is 2. The van der Waals surface area contributed by atoms with E-state index in [1.807, 2.05) is 36.1 Å². The summed E-state index contributed by atoms with van der Waals surface area (Å²) in [6.07, 6.45) is -4.70. The van der Waals surface area contributed by atoms with Crippen molar-refractivity contribution in [1.29, 1.82) is 0 Å². The summed E-state index contributed by atoms with van der Waals surface area (Å²) < 4.78 is 58.1. The van der Waals surface area contributed by atoms with Gasteiger partial charge in [-0.05, 0) is 32.0 Å². The van der Waals surface area contributed by atoms with Crippen LogP contribution >= 0.6 is 0 Å². The lowest BCUT2D eigenvalue weighted by Crippen LogP contribution is -2.44. The maximum atomic E-state index is 14.7. The van der Waals surface area contributed by atoms with Crippen LogP contribution in [0.1, 0.15) is 18.3 Å². The number of aryl methyl sites for hydroxylation is 1. The predicted molar refractivity (Wildman–Crippen MR) is 159 cm³/mol. The minimum atomic E-state index is -4.70. The SMILES string of the molecule is CNc1nc2ccccc2n1-c1nc(-c2c(C)nn(COCC[Si](C)(C)C)c2C(F)(F)F)cc(N2CCOC[C@H]2C)n1. The van der Waals surface area contributed by atoms with Gasteiger partial charge in [-0.1, -0.05) is 31.8 Å². The molecule has 0 saturated carbocycles. The third kappa shape index (κ3) is 6.15. The first-order valence-electron chi connectivity index (χ1n) is 14.0. The smallest absolute Gasteiger partial charge is 0.377 e. The van der Waals surface area contributed by atoms with E-state index in [1.165, 1.54) is 0 Å². The fraction of sp³-hybridized carbons (Fsp3) is 0.500. The topological polar surface area (TPSA) is 95.2 Å². The normalized spacial score (nSPS) is 16.4. The first-order chi connectivity index (χ1) is 19.9. The van der Waals surface area contributed by atoms with Gasteiger partial charge in [0.15, 0.2) is 5.69 Å². The molecule has 1 N–H and O–H groups in total. The molecule has 4 aromatic rings. The lowest BCUT2D eigenvalue weighted by atomic mass is 10.1. The average molecular weight is 603 g/mol. The van der Waals surface area contributed by atoms with E-state index in [-0.39, 0.29) is 35.7 Å². The molecule has 1 aromatic carbocycles. The van der Waals surface area contributed by atoms with Crippen LogP contribution in [0.3, 0.4) is 0 Å². The molecule has 5 rings (SSSR count). The molecule has 1 fully saturated rings. The number of aromatic nitrogens is 6. The molecular weight excluding hydrogens is 565 g/mol. The summed E-state index contributed by atoms with van der Waals surface area (Å²) in [6.45, 7) is 11.7. The number of nitrogens with zero attached hydrogens (tertiary/aromatic N) is 7. The summed E-state index contributed by atoms with van der Waals surface area (Å²) >= 11 is 0. The number of benzene rings is 1. The molecule has 0 bridgehead atoms. The van der Waals surface area contributed by atoms with E-state index < -0.39 is 19.9 Å². The van der Waals surface area contributed by atoms with Crippen LogP contribution in [0.25, 0.3) is 28.2 Å². The predicted octanol–water partition coefficient (Wildman–Crippen LogP) is 5.59. The highest BCUT2D eigenvalue weighted by molar-refractivity contribution is 6.76. The van der Waals surface area contributed by atoms with Gasteiger partial charge in [0, 0.05) is 34.3 Å². The largest absolute Gasteiger partial charge is 0.433 e. The summed E-state index contributed by atoms with van der Waals surface area (Å²) in [5, 5.41) is 7.35. The second-order valence-corrected chi connectivity index (χ2v) is 17.3. The zero-order valence-electron chi connectivity index (χ0n) is 24.8. The van der Waals surface area contributed by atoms with Crippen molar-refractivity contribution in [1.82, 2.24) is 29.3 Å². The Labute approximate surface area is 243 Å². The number of hydrogen-bond acceptors (Lipinski definition) is 8. The molecule has 1 aliphatic rings. The van der Waals surface area contributed by atoms with Gasteiger partial charge in [-0.2, -0.15) is 23.3 Å². The number of para-hydroxylation sites is 2. The lowest BCUT2D eigenvalue weighted by Gasteiger charge is -2.34. The van der Waals surface area contributed by atoms with E-state index in [1.54, 1.807) is 24.6 Å². The second-order valence-electron chi connectivity index (χ2n) is 11.7. The number of halogens is 3. The minimum absolute atomic E-state index is 0.0386. The Balaban J connectivity index is 1.68. The van der Waals surface area contributed by atoms with Crippen LogP contribution in [0, 0.1) is 6.92 Å². The molecule has 4 heterocycles. The maximum Gasteiger partial charge on any atom is 0.433 e. The van der Waals surface area contributed by atoms with Crippen LogP contribution in [0.15, 0.2) is 30.3 Å². The molecule has 226 valence electrons. The van der Waals surface area contributed by atoms with Crippen molar-refractivity contribution in [2.24, 2.45) is 0 Å². The Hall–Kier alpha value is -3.49. The molecule has 3 aromatic heterocycles. The van der Waals surface area contributed by atoms with Crippen LogP contribution in [0.2, 0.25) is 25.7 Å². The molecule has 0 aliphatic carbocycles. The molecule has 0 radical (unpaired) electrons. The summed E-state index contributed by atoms with van der Waals surface area (Å²) in [4.78, 5) is 16.2. The molecular formula is C28H37F3N8O2Si. The highest BCUT2D eigenvalue weighted by Gasteiger charge is 2.41. The van der Waals surface area contributed by atoms with Crippen molar-refractivity contribution in [2.45, 2.75) is 58.5 Å². The van der Waals surface area contributed by atoms with E-state index in [4.69, 9.17) is 19.4 Å². The fourth-order valence-electron chi connectivity index (χ4n) is 5.06. The third-order valence-electron chi connectivity index (χ3n) is 7.21. The Kier molecular flexibility index (Phi) is 8.32. The van der Waals surface area contributed by atoms with E-state index >= 15 is 0 Å². The first-order valence-corrected chi connectivity index (χ1v) is 17.7. The van der Waals surface area contributed by atoms with Crippen molar-refractivity contribution in [3.8, 4) is 17.2 Å². The van der Waals surface area contributed by atoms with Crippen molar-refractivity contribution < 1.29 is 22.6 Å². The molecule has 42 heavy (non-hydrogen) atoms. The monoisotopic (exact) mass is 602 g/mol. The van der Waals surface area contributed by atoms with Crippen molar-refractivity contribution in [3.05, 3.63) is 41.7 Å². The van der Waals surface area contributed by atoms with Gasteiger partial charge in [-0.25, -0.2) is 19.2 Å². The Morgan fingerprint density at radius 3 is 2.60 bits per heavy atom. The van der Waals surface area contributed by atoms with Crippen molar-refractivity contribution in [2.75, 3.05) is 43.6 Å². The number of hydrogen-bond donors (Lipinski definition) is 1. The van der Waals surface area contributed by atoms with E-state index in [2.05, 4.69) is 35.0 Å². The number of alkyl halides is 3. The van der Waals surface area contributed by atoms with Crippen LogP contribution in [0.4, 0.5) is 24.9 Å². The molecule has 0 spiro atoms. The maximum absolute atomic E-state index is 14.7. The molecule has 1 aliphatic heterocycles. The minimum Gasteiger partial charge on any atom is -0.377 e. The number of ether oxygens (including phenoxy) is 2. The molecule has 0 amide bonds. The van der Waals surface area contributed by atoms with Crippen LogP contribution in [0.5, 0.6) is 0 Å². The Morgan fingerprint density at radius 2 is 1.90 bits per heavy atom. The van der Waals surface area contributed by atoms with Gasteiger partial charge in [0.25, 0.3) is 0 Å². The summed E-state index contributed by atoms with van der Waals surface area (Å²) in [7, 11) is 0.314. The van der Waals surface area contributed by atoms with E-state index in [0.717, 1.165) is 16.2 Å². The molecule has 10 nitrogen and oxygen atoms in total. The summed E-state index contributed by atoms with van der Waals surface area (Å²) in [5.74, 6) is 1.16. The zero-order valence-corrected chi connectivity index (χ0v) is 25.8. The van der Waals surface area contributed by atoms with Gasteiger partial charge < -0.3 is 19.7 Å².